The second-order valence-corrected chi connectivity index (χ2v) is 15.3. The fourth-order valence-electron chi connectivity index (χ4n) is 9.10. The van der Waals surface area contributed by atoms with E-state index in [4.69, 9.17) is 0 Å². The van der Waals surface area contributed by atoms with Gasteiger partial charge in [0.2, 0.25) is 0 Å². The summed E-state index contributed by atoms with van der Waals surface area (Å²) in [5, 5.41) is 7.58. The van der Waals surface area contributed by atoms with Gasteiger partial charge >= 0.3 is 0 Å². The maximum absolute atomic E-state index is 2.52. The van der Waals surface area contributed by atoms with Gasteiger partial charge in [-0.2, -0.15) is 0 Å². The molecular formula is C56H40N2. The zero-order valence-electron chi connectivity index (χ0n) is 32.0. The summed E-state index contributed by atoms with van der Waals surface area (Å²) < 4.78 is 2.39. The van der Waals surface area contributed by atoms with Crippen LogP contribution in [0.4, 0.5) is 11.4 Å². The first-order valence-electron chi connectivity index (χ1n) is 20.2. The van der Waals surface area contributed by atoms with Crippen LogP contribution in [0.5, 0.6) is 0 Å². The van der Waals surface area contributed by atoms with Crippen LogP contribution in [0.3, 0.4) is 0 Å². The molecular weight excluding hydrogens is 701 g/mol. The predicted octanol–water partition coefficient (Wildman–Crippen LogP) is 15.0. The summed E-state index contributed by atoms with van der Waals surface area (Å²) in [4.78, 5) is 2.52. The van der Waals surface area contributed by atoms with Crippen LogP contribution in [0.15, 0.2) is 224 Å². The van der Waals surface area contributed by atoms with Crippen LogP contribution in [-0.4, -0.2) is 10.6 Å². The Morgan fingerprint density at radius 1 is 0.414 bits per heavy atom. The molecule has 1 aromatic heterocycles. The molecule has 1 atom stereocenters. The molecule has 1 unspecified atom stereocenters. The highest BCUT2D eigenvalue weighted by molar-refractivity contribution is 6.15. The molecule has 9 aromatic carbocycles. The number of allylic oxidation sites excluding steroid dienone is 2. The molecule has 0 fully saturated rings. The molecule has 1 aliphatic carbocycles. The van der Waals surface area contributed by atoms with Gasteiger partial charge in [-0.1, -0.05) is 164 Å². The average Bonchev–Trinajstić information content (AvgIpc) is 3.64. The van der Waals surface area contributed by atoms with Crippen molar-refractivity contribution in [3.63, 3.8) is 0 Å². The Kier molecular flexibility index (Phi) is 8.33. The van der Waals surface area contributed by atoms with E-state index in [-0.39, 0.29) is 6.04 Å². The number of anilines is 2. The minimum absolute atomic E-state index is 0.143. The van der Waals surface area contributed by atoms with Crippen LogP contribution < -0.4 is 4.90 Å². The third-order valence-electron chi connectivity index (χ3n) is 11.9. The molecule has 2 nitrogen and oxygen atoms in total. The normalized spacial score (nSPS) is 14.0. The van der Waals surface area contributed by atoms with Crippen molar-refractivity contribution < 1.29 is 0 Å². The lowest BCUT2D eigenvalue weighted by Crippen LogP contribution is -2.30. The molecule has 1 aliphatic rings. The number of nitrogens with zero attached hydrogens (tertiary/aromatic N) is 2. The maximum atomic E-state index is 2.52. The third kappa shape index (κ3) is 5.90. The standard InChI is InChI=1S/C56H40N2/c1-4-14-39(15-5-1)40-26-30-46(31-27-40)57(48-34-35-56-54(38-48)51-22-12-13-23-55(51)58(56)45-18-8-3-9-19-45)47-32-28-41(29-33-47)43-24-25-44-37-52(42-16-6-2-7-17-42)49-20-10-11-21-50(49)53(44)36-43/h1-30,32-38,46H,31H2. The van der Waals surface area contributed by atoms with Crippen LogP contribution in [-0.2, 0) is 0 Å². The number of aromatic nitrogens is 1. The van der Waals surface area contributed by atoms with E-state index in [1.165, 1.54) is 93.8 Å². The molecule has 2 heteroatoms. The first-order chi connectivity index (χ1) is 28.8. The Balaban J connectivity index is 1.01. The minimum Gasteiger partial charge on any atom is -0.334 e. The van der Waals surface area contributed by atoms with E-state index in [9.17, 15) is 0 Å². The molecule has 0 spiro atoms. The number of rotatable bonds is 7. The molecule has 0 saturated heterocycles. The first-order valence-corrected chi connectivity index (χ1v) is 20.2. The predicted molar refractivity (Wildman–Crippen MR) is 247 cm³/mol. The van der Waals surface area contributed by atoms with Crippen LogP contribution in [0.2, 0.25) is 0 Å². The third-order valence-corrected chi connectivity index (χ3v) is 11.9. The van der Waals surface area contributed by atoms with E-state index in [2.05, 4.69) is 234 Å². The van der Waals surface area contributed by atoms with Gasteiger partial charge in [0.15, 0.2) is 0 Å². The van der Waals surface area contributed by atoms with Gasteiger partial charge in [0, 0.05) is 27.8 Å². The average molecular weight is 741 g/mol. The molecule has 0 saturated carbocycles. The summed E-state index contributed by atoms with van der Waals surface area (Å²) in [7, 11) is 0. The van der Waals surface area contributed by atoms with Crippen molar-refractivity contribution >= 4 is 60.3 Å². The van der Waals surface area contributed by atoms with E-state index in [0.29, 0.717) is 0 Å². The van der Waals surface area contributed by atoms with Crippen molar-refractivity contribution in [3.8, 4) is 27.9 Å². The highest BCUT2D eigenvalue weighted by Crippen LogP contribution is 2.41. The highest BCUT2D eigenvalue weighted by Gasteiger charge is 2.23. The van der Waals surface area contributed by atoms with Crippen LogP contribution in [0.1, 0.15) is 12.0 Å². The SMILES string of the molecule is C1=CC(N(c2ccc(-c3ccc4cc(-c5ccccc5)c5ccccc5c4c3)cc2)c2ccc3c(c2)c2ccccc2n3-c2ccccc2)CC=C1c1ccccc1. The molecule has 58 heavy (non-hydrogen) atoms. The molecule has 0 radical (unpaired) electrons. The van der Waals surface area contributed by atoms with E-state index in [1.807, 2.05) is 0 Å². The molecule has 274 valence electrons. The van der Waals surface area contributed by atoms with Crippen molar-refractivity contribution in [2.24, 2.45) is 0 Å². The van der Waals surface area contributed by atoms with Crippen LogP contribution in [0.25, 0.3) is 76.9 Å². The van der Waals surface area contributed by atoms with Gasteiger partial charge in [-0.05, 0) is 122 Å². The van der Waals surface area contributed by atoms with Gasteiger partial charge in [0.25, 0.3) is 0 Å². The van der Waals surface area contributed by atoms with Gasteiger partial charge < -0.3 is 9.47 Å². The molecule has 1 heterocycles. The van der Waals surface area contributed by atoms with Gasteiger partial charge in [-0.15, -0.1) is 0 Å². The topological polar surface area (TPSA) is 8.17 Å². The smallest absolute Gasteiger partial charge is 0.0560 e. The van der Waals surface area contributed by atoms with E-state index < -0.39 is 0 Å². The van der Waals surface area contributed by atoms with Crippen molar-refractivity contribution in [2.75, 3.05) is 4.90 Å². The monoisotopic (exact) mass is 740 g/mol. The Morgan fingerprint density at radius 2 is 1.03 bits per heavy atom. The fourth-order valence-corrected chi connectivity index (χ4v) is 9.10. The van der Waals surface area contributed by atoms with Crippen molar-refractivity contribution in [3.05, 3.63) is 230 Å². The lowest BCUT2D eigenvalue weighted by Gasteiger charge is -2.33. The summed E-state index contributed by atoms with van der Waals surface area (Å²) >= 11 is 0. The molecule has 0 N–H and O–H groups in total. The number of fused-ring (bicyclic) bond motifs is 6. The van der Waals surface area contributed by atoms with Gasteiger partial charge in [0.05, 0.1) is 17.1 Å². The van der Waals surface area contributed by atoms with Gasteiger partial charge in [-0.3, -0.25) is 0 Å². The summed E-state index contributed by atoms with van der Waals surface area (Å²) in [6.45, 7) is 0. The van der Waals surface area contributed by atoms with Crippen molar-refractivity contribution in [1.29, 1.82) is 0 Å². The van der Waals surface area contributed by atoms with Crippen molar-refractivity contribution in [2.45, 2.75) is 12.5 Å². The second-order valence-electron chi connectivity index (χ2n) is 15.3. The number of para-hydroxylation sites is 2. The lowest BCUT2D eigenvalue weighted by atomic mass is 9.91. The largest absolute Gasteiger partial charge is 0.334 e. The zero-order valence-corrected chi connectivity index (χ0v) is 32.0. The molecule has 11 rings (SSSR count). The second kappa shape index (κ2) is 14.3. The lowest BCUT2D eigenvalue weighted by molar-refractivity contribution is 0.787. The first kappa shape index (κ1) is 33.9. The summed E-state index contributed by atoms with van der Waals surface area (Å²) in [6, 6.07) is 75.3. The Bertz CT molecular complexity index is 3170. The number of hydrogen-bond donors (Lipinski definition) is 0. The van der Waals surface area contributed by atoms with Gasteiger partial charge in [0.1, 0.15) is 0 Å². The minimum atomic E-state index is 0.143. The van der Waals surface area contributed by atoms with Crippen LogP contribution >= 0.6 is 0 Å². The molecule has 10 aromatic rings. The highest BCUT2D eigenvalue weighted by atomic mass is 15.2. The fraction of sp³-hybridized carbons (Fsp3) is 0.0357. The van der Waals surface area contributed by atoms with E-state index >= 15 is 0 Å². The van der Waals surface area contributed by atoms with Gasteiger partial charge in [-0.25, -0.2) is 0 Å². The summed E-state index contributed by atoms with van der Waals surface area (Å²) in [5.41, 5.74) is 13.4. The van der Waals surface area contributed by atoms with Crippen molar-refractivity contribution in [1.82, 2.24) is 4.57 Å². The Morgan fingerprint density at radius 3 is 1.78 bits per heavy atom. The number of hydrogen-bond acceptors (Lipinski definition) is 1. The van der Waals surface area contributed by atoms with Crippen LogP contribution in [0, 0.1) is 0 Å². The quantitative estimate of drug-likeness (QED) is 0.148. The molecule has 0 aliphatic heterocycles. The molecule has 0 amide bonds. The summed E-state index contributed by atoms with van der Waals surface area (Å²) in [5.74, 6) is 0. The van der Waals surface area contributed by atoms with E-state index in [0.717, 1.165) is 6.42 Å². The zero-order chi connectivity index (χ0) is 38.4. The number of benzene rings is 9. The van der Waals surface area contributed by atoms with E-state index in [1.54, 1.807) is 0 Å². The Labute approximate surface area is 338 Å². The molecule has 0 bridgehead atoms. The maximum Gasteiger partial charge on any atom is 0.0560 e. The Hall–Kier alpha value is -7.42. The summed E-state index contributed by atoms with van der Waals surface area (Å²) in [6.07, 6.45) is 7.97.